The zero-order valence-electron chi connectivity index (χ0n) is 10.9. The Balaban J connectivity index is 2.32. The summed E-state index contributed by atoms with van der Waals surface area (Å²) in [6.07, 6.45) is 0. The number of nitrogen functional groups attached to an aromatic ring is 1. The van der Waals surface area contributed by atoms with Crippen LogP contribution in [0, 0.1) is 11.8 Å². The first-order valence-corrected chi connectivity index (χ1v) is 6.18. The Morgan fingerprint density at radius 2 is 1.83 bits per heavy atom. The molecule has 0 aromatic heterocycles. The van der Waals surface area contributed by atoms with Crippen LogP contribution < -0.4 is 5.73 Å². The van der Waals surface area contributed by atoms with Crippen LogP contribution in [0.2, 0.25) is 0 Å². The van der Waals surface area contributed by atoms with Crippen molar-refractivity contribution in [3.05, 3.63) is 29.3 Å². The summed E-state index contributed by atoms with van der Waals surface area (Å²) in [4.78, 5) is 25.7. The van der Waals surface area contributed by atoms with Crippen molar-refractivity contribution in [2.75, 3.05) is 12.3 Å². The molecule has 0 saturated heterocycles. The first-order chi connectivity index (χ1) is 8.43. The van der Waals surface area contributed by atoms with Crippen LogP contribution in [0.1, 0.15) is 41.5 Å². The van der Waals surface area contributed by atoms with Crippen LogP contribution in [0.4, 0.5) is 5.69 Å². The van der Waals surface area contributed by atoms with Crippen LogP contribution in [0.15, 0.2) is 18.2 Å². The molecule has 0 radical (unpaired) electrons. The van der Waals surface area contributed by atoms with Crippen molar-refractivity contribution in [3.63, 3.8) is 0 Å². The highest BCUT2D eigenvalue weighted by molar-refractivity contribution is 6.23. The van der Waals surface area contributed by atoms with Gasteiger partial charge >= 0.3 is 0 Å². The van der Waals surface area contributed by atoms with Gasteiger partial charge < -0.3 is 5.73 Å². The number of anilines is 1. The molecular formula is C14H18N2O2. The van der Waals surface area contributed by atoms with Crippen LogP contribution in [0.5, 0.6) is 0 Å². The zero-order valence-corrected chi connectivity index (χ0v) is 10.9. The molecule has 1 aromatic rings. The minimum atomic E-state index is -0.263. The summed E-state index contributed by atoms with van der Waals surface area (Å²) >= 11 is 0. The number of imide groups is 1. The molecule has 96 valence electrons. The normalized spacial score (nSPS) is 16.3. The number of hydrogen-bond acceptors (Lipinski definition) is 3. The number of nitrogens with two attached hydrogens (primary N) is 1. The maximum Gasteiger partial charge on any atom is 0.263 e. The number of fused-ring (bicyclic) bond motifs is 1. The first-order valence-electron chi connectivity index (χ1n) is 6.18. The lowest BCUT2D eigenvalue weighted by Crippen LogP contribution is -2.35. The van der Waals surface area contributed by atoms with Gasteiger partial charge in [-0.2, -0.15) is 0 Å². The van der Waals surface area contributed by atoms with E-state index in [1.165, 1.54) is 4.90 Å². The first kappa shape index (κ1) is 12.6. The molecule has 0 spiro atoms. The van der Waals surface area contributed by atoms with Gasteiger partial charge in [-0.05, 0) is 24.0 Å². The fraction of sp³-hybridized carbons (Fsp3) is 0.429. The quantitative estimate of drug-likeness (QED) is 0.656. The SMILES string of the molecule is CC(C)C(C)CN1C(=O)c2cccc(N)c2C1=O. The van der Waals surface area contributed by atoms with E-state index in [-0.39, 0.29) is 17.7 Å². The Kier molecular flexibility index (Phi) is 3.11. The lowest BCUT2D eigenvalue weighted by Gasteiger charge is -2.21. The largest absolute Gasteiger partial charge is 0.398 e. The minimum Gasteiger partial charge on any atom is -0.398 e. The predicted octanol–water partition coefficient (Wildman–Crippen LogP) is 2.16. The molecule has 2 N–H and O–H groups in total. The lowest BCUT2D eigenvalue weighted by molar-refractivity contribution is 0.0621. The average molecular weight is 246 g/mol. The number of hydrogen-bond donors (Lipinski definition) is 1. The van der Waals surface area contributed by atoms with Crippen molar-refractivity contribution in [1.82, 2.24) is 4.90 Å². The van der Waals surface area contributed by atoms with Gasteiger partial charge in [-0.15, -0.1) is 0 Å². The van der Waals surface area contributed by atoms with Crippen LogP contribution >= 0.6 is 0 Å². The van der Waals surface area contributed by atoms with E-state index >= 15 is 0 Å². The van der Waals surface area contributed by atoms with Crippen molar-refractivity contribution >= 4 is 17.5 Å². The monoisotopic (exact) mass is 246 g/mol. The molecule has 0 saturated carbocycles. The van der Waals surface area contributed by atoms with Gasteiger partial charge in [0.1, 0.15) is 0 Å². The molecule has 0 bridgehead atoms. The summed E-state index contributed by atoms with van der Waals surface area (Å²) in [5.41, 5.74) is 6.94. The predicted molar refractivity (Wildman–Crippen MR) is 70.2 cm³/mol. The third kappa shape index (κ3) is 1.88. The number of rotatable bonds is 3. The second-order valence-corrected chi connectivity index (χ2v) is 5.21. The fourth-order valence-corrected chi connectivity index (χ4v) is 2.02. The van der Waals surface area contributed by atoms with Gasteiger partial charge in [0.2, 0.25) is 0 Å². The Labute approximate surface area is 107 Å². The van der Waals surface area contributed by atoms with Crippen molar-refractivity contribution in [1.29, 1.82) is 0 Å². The molecule has 0 fully saturated rings. The number of nitrogens with zero attached hydrogens (tertiary/aromatic N) is 1. The highest BCUT2D eigenvalue weighted by Crippen LogP contribution is 2.28. The molecular weight excluding hydrogens is 228 g/mol. The summed E-state index contributed by atoms with van der Waals surface area (Å²) in [5.74, 6) is 0.204. The Bertz CT molecular complexity index is 509. The summed E-state index contributed by atoms with van der Waals surface area (Å²) in [6, 6.07) is 5.01. The van der Waals surface area contributed by atoms with Gasteiger partial charge in [0, 0.05) is 12.2 Å². The fourth-order valence-electron chi connectivity index (χ4n) is 2.02. The average Bonchev–Trinajstić information content (AvgIpc) is 2.55. The highest BCUT2D eigenvalue weighted by atomic mass is 16.2. The summed E-state index contributed by atoms with van der Waals surface area (Å²) in [6.45, 7) is 6.65. The standard InChI is InChI=1S/C14H18N2O2/c1-8(2)9(3)7-16-13(17)10-5-4-6-11(15)12(10)14(16)18/h4-6,8-9H,7,15H2,1-3H3. The van der Waals surface area contributed by atoms with Crippen LogP contribution in [0.25, 0.3) is 0 Å². The molecule has 1 aliphatic rings. The molecule has 18 heavy (non-hydrogen) atoms. The number of carbonyl (C=O) groups is 2. The topological polar surface area (TPSA) is 63.4 Å². The Hall–Kier alpha value is -1.84. The second-order valence-electron chi connectivity index (χ2n) is 5.21. The highest BCUT2D eigenvalue weighted by Gasteiger charge is 2.37. The van der Waals surface area contributed by atoms with E-state index in [1.807, 2.05) is 6.92 Å². The van der Waals surface area contributed by atoms with Gasteiger partial charge in [-0.3, -0.25) is 14.5 Å². The summed E-state index contributed by atoms with van der Waals surface area (Å²) < 4.78 is 0. The Morgan fingerprint density at radius 1 is 1.17 bits per heavy atom. The lowest BCUT2D eigenvalue weighted by atomic mass is 9.98. The molecule has 0 aliphatic carbocycles. The Morgan fingerprint density at radius 3 is 2.39 bits per heavy atom. The van der Waals surface area contributed by atoms with Gasteiger partial charge in [0.15, 0.2) is 0 Å². The van der Waals surface area contributed by atoms with E-state index in [2.05, 4.69) is 13.8 Å². The third-order valence-corrected chi connectivity index (χ3v) is 3.64. The van der Waals surface area contributed by atoms with Crippen molar-refractivity contribution < 1.29 is 9.59 Å². The maximum atomic E-state index is 12.2. The van der Waals surface area contributed by atoms with Crippen LogP contribution in [-0.2, 0) is 0 Å². The van der Waals surface area contributed by atoms with E-state index in [0.29, 0.717) is 29.3 Å². The molecule has 1 atom stereocenters. The van der Waals surface area contributed by atoms with E-state index in [9.17, 15) is 9.59 Å². The maximum absolute atomic E-state index is 12.2. The van der Waals surface area contributed by atoms with E-state index in [0.717, 1.165) is 0 Å². The van der Waals surface area contributed by atoms with Crippen molar-refractivity contribution in [2.24, 2.45) is 11.8 Å². The van der Waals surface area contributed by atoms with Crippen LogP contribution in [0.3, 0.4) is 0 Å². The molecule has 2 rings (SSSR count). The van der Waals surface area contributed by atoms with Crippen LogP contribution in [-0.4, -0.2) is 23.3 Å². The third-order valence-electron chi connectivity index (χ3n) is 3.64. The second kappa shape index (κ2) is 4.44. The zero-order chi connectivity index (χ0) is 13.4. The van der Waals surface area contributed by atoms with Crippen molar-refractivity contribution in [2.45, 2.75) is 20.8 Å². The molecule has 4 nitrogen and oxygen atoms in total. The molecule has 1 aromatic carbocycles. The van der Waals surface area contributed by atoms with Gasteiger partial charge in [0.25, 0.3) is 11.8 Å². The molecule has 1 unspecified atom stereocenters. The number of amides is 2. The van der Waals surface area contributed by atoms with Gasteiger partial charge in [-0.25, -0.2) is 0 Å². The van der Waals surface area contributed by atoms with E-state index < -0.39 is 0 Å². The van der Waals surface area contributed by atoms with E-state index in [4.69, 9.17) is 5.73 Å². The molecule has 4 heteroatoms. The smallest absolute Gasteiger partial charge is 0.263 e. The molecule has 1 heterocycles. The molecule has 2 amide bonds. The summed E-state index contributed by atoms with van der Waals surface area (Å²) in [5, 5.41) is 0. The molecule has 1 aliphatic heterocycles. The van der Waals surface area contributed by atoms with Crippen molar-refractivity contribution in [3.8, 4) is 0 Å². The minimum absolute atomic E-state index is 0.227. The van der Waals surface area contributed by atoms with E-state index in [1.54, 1.807) is 18.2 Å². The van der Waals surface area contributed by atoms with Gasteiger partial charge in [0.05, 0.1) is 11.1 Å². The van der Waals surface area contributed by atoms with Gasteiger partial charge in [-0.1, -0.05) is 26.8 Å². The number of carbonyl (C=O) groups excluding carboxylic acids is 2. The number of benzene rings is 1. The summed E-state index contributed by atoms with van der Waals surface area (Å²) in [7, 11) is 0.